The van der Waals surface area contributed by atoms with Crippen LogP contribution in [0.5, 0.6) is 0 Å². The molecule has 2 heteroatoms. The molecular formula is C27H46OSe. The van der Waals surface area contributed by atoms with Gasteiger partial charge in [0.05, 0.1) is 6.10 Å². The summed E-state index contributed by atoms with van der Waals surface area (Å²) in [5, 5.41) is 11.7. The molecule has 0 saturated heterocycles. The fraction of sp³-hybridized carbons (Fsp3) is 0.926. The van der Waals surface area contributed by atoms with Crippen LogP contribution >= 0.6 is 0 Å². The topological polar surface area (TPSA) is 20.2 Å². The van der Waals surface area contributed by atoms with Crippen molar-refractivity contribution >= 4 is 15.0 Å². The summed E-state index contributed by atoms with van der Waals surface area (Å²) >= 11 is 0.856. The third-order valence-electron chi connectivity index (χ3n) is 10.1. The van der Waals surface area contributed by atoms with Gasteiger partial charge in [-0.3, -0.25) is 0 Å². The van der Waals surface area contributed by atoms with Gasteiger partial charge >= 0.3 is 176 Å². The molecule has 4 aliphatic carbocycles. The predicted octanol–water partition coefficient (Wildman–Crippen LogP) is 7.29. The summed E-state index contributed by atoms with van der Waals surface area (Å²) < 4.78 is 0. The van der Waals surface area contributed by atoms with Crippen LogP contribution in [0.25, 0.3) is 0 Å². The molecule has 1 N–H and O–H groups in total. The Morgan fingerprint density at radius 1 is 1.07 bits per heavy atom. The van der Waals surface area contributed by atoms with Gasteiger partial charge in [-0.1, -0.05) is 0 Å². The van der Waals surface area contributed by atoms with E-state index in [9.17, 15) is 5.11 Å². The first-order valence-electron chi connectivity index (χ1n) is 12.7. The Labute approximate surface area is 187 Å². The first kappa shape index (κ1) is 22.4. The molecule has 0 aromatic carbocycles. The second-order valence-corrected chi connectivity index (χ2v) is 15.5. The van der Waals surface area contributed by atoms with Crippen molar-refractivity contribution in [3.8, 4) is 0 Å². The van der Waals surface area contributed by atoms with E-state index in [4.69, 9.17) is 0 Å². The molecule has 29 heavy (non-hydrogen) atoms. The van der Waals surface area contributed by atoms with E-state index in [0.717, 1.165) is 62.2 Å². The van der Waals surface area contributed by atoms with Crippen molar-refractivity contribution in [3.05, 3.63) is 11.6 Å². The third-order valence-corrected chi connectivity index (χ3v) is 12.6. The summed E-state index contributed by atoms with van der Waals surface area (Å²) in [6.45, 7) is 12.6. The summed E-state index contributed by atoms with van der Waals surface area (Å²) in [5.74, 6) is 4.64. The number of rotatable bonds is 6. The van der Waals surface area contributed by atoms with E-state index in [2.05, 4.69) is 40.7 Å². The number of hydrogen-bond acceptors (Lipinski definition) is 1. The van der Waals surface area contributed by atoms with Crippen LogP contribution in [-0.2, 0) is 0 Å². The monoisotopic (exact) mass is 466 g/mol. The van der Waals surface area contributed by atoms with Crippen molar-refractivity contribution in [1.82, 2.24) is 0 Å². The van der Waals surface area contributed by atoms with E-state index in [0.29, 0.717) is 10.8 Å². The van der Waals surface area contributed by atoms with Gasteiger partial charge in [-0.25, -0.2) is 0 Å². The van der Waals surface area contributed by atoms with Gasteiger partial charge in [0.25, 0.3) is 0 Å². The van der Waals surface area contributed by atoms with E-state index >= 15 is 0 Å². The van der Waals surface area contributed by atoms with Crippen LogP contribution in [-0.4, -0.2) is 26.2 Å². The van der Waals surface area contributed by atoms with Crippen LogP contribution in [0.15, 0.2) is 11.6 Å². The average molecular weight is 466 g/mol. The first-order chi connectivity index (χ1) is 13.8. The second-order valence-electron chi connectivity index (χ2n) is 11.9. The van der Waals surface area contributed by atoms with E-state index in [1.165, 1.54) is 56.7 Å². The van der Waals surface area contributed by atoms with Crippen molar-refractivity contribution in [3.63, 3.8) is 0 Å². The zero-order valence-electron chi connectivity index (χ0n) is 19.8. The van der Waals surface area contributed by atoms with Gasteiger partial charge < -0.3 is 5.11 Å². The number of fused-ring (bicyclic) bond motifs is 5. The van der Waals surface area contributed by atoms with Crippen LogP contribution in [0, 0.1) is 40.4 Å². The summed E-state index contributed by atoms with van der Waals surface area (Å²) in [4.78, 5) is 0.924. The number of allylic oxidation sites excluding steroid dienone is 1. The van der Waals surface area contributed by atoms with Gasteiger partial charge in [-0.05, 0) is 0 Å². The molecule has 0 spiro atoms. The molecule has 0 unspecified atom stereocenters. The zero-order chi connectivity index (χ0) is 20.8. The molecule has 0 radical (unpaired) electrons. The van der Waals surface area contributed by atoms with Crippen LogP contribution in [0.3, 0.4) is 0 Å². The summed E-state index contributed by atoms with van der Waals surface area (Å²) in [7, 11) is 0. The molecule has 0 aromatic rings. The Kier molecular flexibility index (Phi) is 6.67. The Morgan fingerprint density at radius 3 is 2.62 bits per heavy atom. The first-order valence-corrected chi connectivity index (χ1v) is 14.9. The molecular weight excluding hydrogens is 419 g/mol. The van der Waals surface area contributed by atoms with Gasteiger partial charge in [-0.2, -0.15) is 0 Å². The van der Waals surface area contributed by atoms with Crippen molar-refractivity contribution in [2.75, 3.05) is 0 Å². The summed E-state index contributed by atoms with van der Waals surface area (Å²) in [6.07, 6.45) is 15.9. The van der Waals surface area contributed by atoms with E-state index in [-0.39, 0.29) is 6.10 Å². The molecule has 166 valence electrons. The zero-order valence-corrected chi connectivity index (χ0v) is 21.5. The predicted molar refractivity (Wildman–Crippen MR) is 125 cm³/mol. The summed E-state index contributed by atoms with van der Waals surface area (Å²) in [5.41, 5.74) is 2.61. The standard InChI is InChI=1S/C27H46OSe/c1-18(2)29-16-6-7-19(3)23-10-11-24-22-9-8-20-17-21(28)12-14-26(20,4)25(22)13-15-27(23,24)5/h8,18-19,21-25,28H,6-7,9-17H2,1-5H3/t19-,21-,22-,23+,24-,25-,26-,27+/m0/s1. The fourth-order valence-corrected chi connectivity index (χ4v) is 10.2. The maximum atomic E-state index is 10.2. The Morgan fingerprint density at radius 2 is 1.86 bits per heavy atom. The van der Waals surface area contributed by atoms with Gasteiger partial charge in [0.2, 0.25) is 0 Å². The quantitative estimate of drug-likeness (QED) is 0.248. The van der Waals surface area contributed by atoms with Gasteiger partial charge in [0, 0.05) is 0 Å². The van der Waals surface area contributed by atoms with Gasteiger partial charge in [0.15, 0.2) is 0 Å². The molecule has 3 fully saturated rings. The minimum atomic E-state index is -0.0754. The van der Waals surface area contributed by atoms with Crippen LogP contribution in [0.4, 0.5) is 0 Å². The third kappa shape index (κ3) is 4.05. The van der Waals surface area contributed by atoms with Crippen molar-refractivity contribution < 1.29 is 5.11 Å². The molecule has 1 nitrogen and oxygen atoms in total. The SMILES string of the molecule is CC(C)[Se]CCC[C@H](C)[C@H]1CC[C@H]2[C@@H]3CC=C4C[C@@H](O)CC[C@]4(C)[C@H]3CC[C@]12C. The number of aliphatic hydroxyl groups excluding tert-OH is 1. The van der Waals surface area contributed by atoms with E-state index in [1.54, 1.807) is 5.57 Å². The fourth-order valence-electron chi connectivity index (χ4n) is 8.54. The van der Waals surface area contributed by atoms with Crippen molar-refractivity contribution in [2.24, 2.45) is 40.4 Å². The van der Waals surface area contributed by atoms with E-state index in [1.807, 2.05) is 0 Å². The second kappa shape index (κ2) is 8.63. The maximum absolute atomic E-state index is 10.2. The number of aliphatic hydroxyl groups is 1. The molecule has 0 aliphatic heterocycles. The van der Waals surface area contributed by atoms with Gasteiger partial charge in [0.1, 0.15) is 0 Å². The van der Waals surface area contributed by atoms with Crippen molar-refractivity contribution in [2.45, 2.75) is 115 Å². The minimum absolute atomic E-state index is 0.0754. The van der Waals surface area contributed by atoms with E-state index < -0.39 is 0 Å². The van der Waals surface area contributed by atoms with Crippen LogP contribution < -0.4 is 0 Å². The molecule has 4 rings (SSSR count). The summed E-state index contributed by atoms with van der Waals surface area (Å²) in [6, 6.07) is 0. The Hall–Kier alpha value is 0.219. The van der Waals surface area contributed by atoms with Crippen molar-refractivity contribution in [1.29, 1.82) is 0 Å². The molecule has 3 saturated carbocycles. The Balaban J connectivity index is 1.44. The molecule has 0 aromatic heterocycles. The van der Waals surface area contributed by atoms with Gasteiger partial charge in [-0.15, -0.1) is 0 Å². The molecule has 0 bridgehead atoms. The molecule has 4 aliphatic rings. The average Bonchev–Trinajstić information content (AvgIpc) is 3.03. The molecule has 0 amide bonds. The van der Waals surface area contributed by atoms with Crippen LogP contribution in [0.2, 0.25) is 10.1 Å². The normalized spacial score (nSPS) is 45.3. The van der Waals surface area contributed by atoms with Crippen LogP contribution in [0.1, 0.15) is 98.8 Å². The molecule has 8 atom stereocenters. The molecule has 0 heterocycles. The Bertz CT molecular complexity index is 612. The number of hydrogen-bond donors (Lipinski definition) is 1.